The molecular weight excluding hydrogens is 272 g/mol. The molecule has 1 atom stereocenters. The van der Waals surface area contributed by atoms with Crippen molar-refractivity contribution in [2.75, 3.05) is 18.1 Å². The van der Waals surface area contributed by atoms with Gasteiger partial charge in [-0.05, 0) is 12.3 Å². The van der Waals surface area contributed by atoms with Gasteiger partial charge in [-0.2, -0.15) is 0 Å². The molecule has 0 saturated carbocycles. The molecule has 0 aromatic rings. The number of rotatable bonds is 8. The SMILES string of the molecule is CCS(=O)(=O)CCNC(=O)N[C@H](CC(C)C)C(=O)O. The zero-order valence-corrected chi connectivity index (χ0v) is 12.3. The molecule has 0 unspecified atom stereocenters. The monoisotopic (exact) mass is 294 g/mol. The Morgan fingerprint density at radius 1 is 1.26 bits per heavy atom. The fraction of sp³-hybridized carbons (Fsp3) is 0.818. The molecule has 0 bridgehead atoms. The van der Waals surface area contributed by atoms with Crippen LogP contribution in [-0.4, -0.2) is 49.6 Å². The van der Waals surface area contributed by atoms with Gasteiger partial charge in [0.1, 0.15) is 6.04 Å². The van der Waals surface area contributed by atoms with Gasteiger partial charge < -0.3 is 15.7 Å². The molecule has 0 radical (unpaired) electrons. The Hall–Kier alpha value is -1.31. The van der Waals surface area contributed by atoms with Crippen LogP contribution in [0.25, 0.3) is 0 Å². The fourth-order valence-corrected chi connectivity index (χ4v) is 2.07. The molecule has 0 aliphatic carbocycles. The van der Waals surface area contributed by atoms with Crippen LogP contribution in [0.2, 0.25) is 0 Å². The smallest absolute Gasteiger partial charge is 0.326 e. The number of hydrogen-bond donors (Lipinski definition) is 3. The third kappa shape index (κ3) is 8.41. The molecule has 0 fully saturated rings. The summed E-state index contributed by atoms with van der Waals surface area (Å²) < 4.78 is 22.4. The van der Waals surface area contributed by atoms with Crippen molar-refractivity contribution in [3.05, 3.63) is 0 Å². The Labute approximate surface area is 113 Å². The minimum absolute atomic E-state index is 0.0153. The van der Waals surface area contributed by atoms with Crippen LogP contribution < -0.4 is 10.6 Å². The van der Waals surface area contributed by atoms with Crippen molar-refractivity contribution in [2.45, 2.75) is 33.2 Å². The van der Waals surface area contributed by atoms with Crippen molar-refractivity contribution >= 4 is 21.8 Å². The van der Waals surface area contributed by atoms with Crippen LogP contribution in [0, 0.1) is 5.92 Å². The summed E-state index contributed by atoms with van der Waals surface area (Å²) in [6, 6.07) is -1.64. The van der Waals surface area contributed by atoms with Gasteiger partial charge >= 0.3 is 12.0 Å². The summed E-state index contributed by atoms with van der Waals surface area (Å²) in [5.41, 5.74) is 0. The van der Waals surface area contributed by atoms with Crippen LogP contribution in [0.3, 0.4) is 0 Å². The molecule has 0 aliphatic rings. The van der Waals surface area contributed by atoms with Gasteiger partial charge in [-0.25, -0.2) is 18.0 Å². The summed E-state index contributed by atoms with van der Waals surface area (Å²) in [6.45, 7) is 5.20. The number of aliphatic carboxylic acids is 1. The summed E-state index contributed by atoms with van der Waals surface area (Å²) >= 11 is 0. The molecule has 112 valence electrons. The highest BCUT2D eigenvalue weighted by Gasteiger charge is 2.21. The molecule has 8 heteroatoms. The summed E-state index contributed by atoms with van der Waals surface area (Å²) in [5.74, 6) is -1.12. The van der Waals surface area contributed by atoms with E-state index in [0.29, 0.717) is 6.42 Å². The lowest BCUT2D eigenvalue weighted by Crippen LogP contribution is -2.47. The standard InChI is InChI=1S/C11H22N2O5S/c1-4-19(17,18)6-5-12-11(16)13-9(10(14)15)7-8(2)3/h8-9H,4-7H2,1-3H3,(H,14,15)(H2,12,13,16)/t9-/m1/s1. The number of nitrogens with one attached hydrogen (secondary N) is 2. The lowest BCUT2D eigenvalue weighted by atomic mass is 10.0. The Morgan fingerprint density at radius 2 is 1.84 bits per heavy atom. The topological polar surface area (TPSA) is 113 Å². The second-order valence-electron chi connectivity index (χ2n) is 4.66. The highest BCUT2D eigenvalue weighted by atomic mass is 32.2. The molecule has 2 amide bonds. The van der Waals surface area contributed by atoms with Crippen LogP contribution in [-0.2, 0) is 14.6 Å². The van der Waals surface area contributed by atoms with E-state index in [1.165, 1.54) is 6.92 Å². The van der Waals surface area contributed by atoms with Crippen molar-refractivity contribution in [1.29, 1.82) is 0 Å². The Kier molecular flexibility index (Phi) is 7.43. The fourth-order valence-electron chi connectivity index (χ4n) is 1.37. The highest BCUT2D eigenvalue weighted by Crippen LogP contribution is 2.04. The van der Waals surface area contributed by atoms with Crippen LogP contribution >= 0.6 is 0 Å². The minimum Gasteiger partial charge on any atom is -0.480 e. The number of carboxylic acids is 1. The van der Waals surface area contributed by atoms with Gasteiger partial charge in [0.05, 0.1) is 5.75 Å². The molecule has 0 aromatic carbocycles. The van der Waals surface area contributed by atoms with Gasteiger partial charge in [-0.15, -0.1) is 0 Å². The zero-order valence-electron chi connectivity index (χ0n) is 11.5. The van der Waals surface area contributed by atoms with Crippen LogP contribution in [0.4, 0.5) is 4.79 Å². The van der Waals surface area contributed by atoms with E-state index in [1.807, 2.05) is 13.8 Å². The average Bonchev–Trinajstić information content (AvgIpc) is 2.27. The van der Waals surface area contributed by atoms with Gasteiger partial charge in [0.25, 0.3) is 0 Å². The molecule has 7 nitrogen and oxygen atoms in total. The Bertz CT molecular complexity index is 405. The summed E-state index contributed by atoms with van der Waals surface area (Å²) in [6.07, 6.45) is 0.315. The van der Waals surface area contributed by atoms with Gasteiger partial charge in [-0.3, -0.25) is 0 Å². The molecule has 0 aliphatic heterocycles. The molecular formula is C11H22N2O5S. The van der Waals surface area contributed by atoms with Crippen molar-refractivity contribution in [2.24, 2.45) is 5.92 Å². The van der Waals surface area contributed by atoms with Crippen LogP contribution in [0.1, 0.15) is 27.2 Å². The second-order valence-corrected chi connectivity index (χ2v) is 7.13. The zero-order chi connectivity index (χ0) is 15.1. The lowest BCUT2D eigenvalue weighted by molar-refractivity contribution is -0.139. The molecule has 3 N–H and O–H groups in total. The van der Waals surface area contributed by atoms with Gasteiger partial charge in [0.2, 0.25) is 0 Å². The third-order valence-electron chi connectivity index (χ3n) is 2.45. The summed E-state index contributed by atoms with van der Waals surface area (Å²) in [4.78, 5) is 22.3. The van der Waals surface area contributed by atoms with E-state index >= 15 is 0 Å². The summed E-state index contributed by atoms with van der Waals surface area (Å²) in [5, 5.41) is 13.6. The van der Waals surface area contributed by atoms with Crippen molar-refractivity contribution in [3.8, 4) is 0 Å². The molecule has 0 rings (SSSR count). The molecule has 0 aromatic heterocycles. The maximum atomic E-state index is 11.4. The maximum Gasteiger partial charge on any atom is 0.326 e. The molecule has 19 heavy (non-hydrogen) atoms. The number of sulfone groups is 1. The van der Waals surface area contributed by atoms with Crippen molar-refractivity contribution in [1.82, 2.24) is 10.6 Å². The first kappa shape index (κ1) is 17.7. The van der Waals surface area contributed by atoms with E-state index in [-0.39, 0.29) is 24.0 Å². The maximum absolute atomic E-state index is 11.4. The van der Waals surface area contributed by atoms with Gasteiger partial charge in [0.15, 0.2) is 9.84 Å². The number of carbonyl (C=O) groups is 2. The van der Waals surface area contributed by atoms with Crippen LogP contribution in [0.15, 0.2) is 0 Å². The van der Waals surface area contributed by atoms with E-state index in [0.717, 1.165) is 0 Å². The molecule has 0 spiro atoms. The predicted molar refractivity (Wildman–Crippen MR) is 71.7 cm³/mol. The first-order chi connectivity index (χ1) is 8.68. The molecule has 0 saturated heterocycles. The highest BCUT2D eigenvalue weighted by molar-refractivity contribution is 7.91. The predicted octanol–water partition coefficient (Wildman–Crippen LogP) is 0.220. The van der Waals surface area contributed by atoms with E-state index in [4.69, 9.17) is 5.11 Å². The summed E-state index contributed by atoms with van der Waals surface area (Å²) in [7, 11) is -3.14. The third-order valence-corrected chi connectivity index (χ3v) is 4.15. The minimum atomic E-state index is -3.14. The van der Waals surface area contributed by atoms with Gasteiger partial charge in [0, 0.05) is 12.3 Å². The van der Waals surface area contributed by atoms with Crippen molar-refractivity contribution < 1.29 is 23.1 Å². The van der Waals surface area contributed by atoms with E-state index in [9.17, 15) is 18.0 Å². The van der Waals surface area contributed by atoms with E-state index in [2.05, 4.69) is 10.6 Å². The molecule has 0 heterocycles. The first-order valence-electron chi connectivity index (χ1n) is 6.15. The quantitative estimate of drug-likeness (QED) is 0.593. The average molecular weight is 294 g/mol. The Morgan fingerprint density at radius 3 is 2.26 bits per heavy atom. The number of carboxylic acid groups (broad SMARTS) is 1. The largest absolute Gasteiger partial charge is 0.480 e. The first-order valence-corrected chi connectivity index (χ1v) is 7.97. The normalized spacial score (nSPS) is 13.1. The lowest BCUT2D eigenvalue weighted by Gasteiger charge is -2.16. The van der Waals surface area contributed by atoms with Crippen molar-refractivity contribution in [3.63, 3.8) is 0 Å². The van der Waals surface area contributed by atoms with Gasteiger partial charge in [-0.1, -0.05) is 20.8 Å². The number of amides is 2. The number of carbonyl (C=O) groups excluding carboxylic acids is 1. The van der Waals surface area contributed by atoms with E-state index < -0.39 is 27.9 Å². The second kappa shape index (κ2) is 7.98. The number of hydrogen-bond acceptors (Lipinski definition) is 4. The van der Waals surface area contributed by atoms with Crippen LogP contribution in [0.5, 0.6) is 0 Å². The Balaban J connectivity index is 4.18. The number of urea groups is 1. The van der Waals surface area contributed by atoms with E-state index in [1.54, 1.807) is 0 Å².